The molecule has 1 fully saturated rings. The van der Waals surface area contributed by atoms with Gasteiger partial charge in [-0.15, -0.1) is 0 Å². The molecule has 1 aliphatic heterocycles. The highest BCUT2D eigenvalue weighted by Gasteiger charge is 2.40. The molecule has 0 saturated carbocycles. The van der Waals surface area contributed by atoms with Crippen molar-refractivity contribution in [3.8, 4) is 6.07 Å². The van der Waals surface area contributed by atoms with Crippen LogP contribution in [0.2, 0.25) is 0 Å². The van der Waals surface area contributed by atoms with E-state index in [0.717, 1.165) is 11.3 Å². The second-order valence-corrected chi connectivity index (χ2v) is 5.82. The number of aryl methyl sites for hydroxylation is 2. The average molecular weight is 287 g/mol. The van der Waals surface area contributed by atoms with E-state index in [-0.39, 0.29) is 0 Å². The molecule has 2 rings (SSSR count). The van der Waals surface area contributed by atoms with E-state index in [1.807, 2.05) is 26.8 Å². The van der Waals surface area contributed by atoms with Crippen molar-refractivity contribution in [3.05, 3.63) is 22.9 Å². The second-order valence-electron chi connectivity index (χ2n) is 5.82. The Bertz CT molecular complexity index is 596. The SMILES string of the molecule is CCC1(C(=O)O)CCN(c2nc(C)cc(C)c2C#N)CC1. The van der Waals surface area contributed by atoms with E-state index in [4.69, 9.17) is 0 Å². The molecule has 5 heteroatoms. The first-order chi connectivity index (χ1) is 9.93. The van der Waals surface area contributed by atoms with Crippen LogP contribution in [0.25, 0.3) is 0 Å². The van der Waals surface area contributed by atoms with Crippen LogP contribution in [-0.4, -0.2) is 29.1 Å². The van der Waals surface area contributed by atoms with Crippen LogP contribution in [0.15, 0.2) is 6.07 Å². The minimum Gasteiger partial charge on any atom is -0.481 e. The number of carbonyl (C=O) groups is 1. The molecule has 5 nitrogen and oxygen atoms in total. The number of nitriles is 1. The largest absolute Gasteiger partial charge is 0.481 e. The maximum absolute atomic E-state index is 11.5. The minimum atomic E-state index is -0.710. The number of rotatable bonds is 3. The van der Waals surface area contributed by atoms with Gasteiger partial charge in [-0.1, -0.05) is 6.92 Å². The number of carboxylic acids is 1. The molecule has 1 aliphatic rings. The first-order valence-corrected chi connectivity index (χ1v) is 7.30. The van der Waals surface area contributed by atoms with E-state index in [0.29, 0.717) is 43.7 Å². The maximum Gasteiger partial charge on any atom is 0.309 e. The minimum absolute atomic E-state index is 0.596. The van der Waals surface area contributed by atoms with Crippen LogP contribution in [0.5, 0.6) is 0 Å². The number of aromatic nitrogens is 1. The number of pyridine rings is 1. The van der Waals surface area contributed by atoms with Crippen molar-refractivity contribution >= 4 is 11.8 Å². The van der Waals surface area contributed by atoms with Gasteiger partial charge in [0.05, 0.1) is 11.0 Å². The molecule has 0 spiro atoms. The summed E-state index contributed by atoms with van der Waals surface area (Å²) >= 11 is 0. The van der Waals surface area contributed by atoms with Crippen molar-refractivity contribution in [2.24, 2.45) is 5.41 Å². The summed E-state index contributed by atoms with van der Waals surface area (Å²) in [6.07, 6.45) is 1.83. The van der Waals surface area contributed by atoms with Gasteiger partial charge in [0.2, 0.25) is 0 Å². The number of piperidine rings is 1. The van der Waals surface area contributed by atoms with E-state index in [2.05, 4.69) is 16.0 Å². The number of carboxylic acid groups (broad SMARTS) is 1. The fourth-order valence-electron chi connectivity index (χ4n) is 3.05. The summed E-state index contributed by atoms with van der Waals surface area (Å²) < 4.78 is 0. The lowest BCUT2D eigenvalue weighted by atomic mass is 9.76. The van der Waals surface area contributed by atoms with Crippen LogP contribution in [0.4, 0.5) is 5.82 Å². The molecule has 0 bridgehead atoms. The molecule has 0 aromatic carbocycles. The fraction of sp³-hybridized carbons (Fsp3) is 0.562. The Hall–Kier alpha value is -2.09. The van der Waals surface area contributed by atoms with Crippen LogP contribution in [-0.2, 0) is 4.79 Å². The van der Waals surface area contributed by atoms with Gasteiger partial charge in [0.25, 0.3) is 0 Å². The van der Waals surface area contributed by atoms with Crippen molar-refractivity contribution in [2.45, 2.75) is 40.0 Å². The first-order valence-electron chi connectivity index (χ1n) is 7.30. The number of hydrogen-bond acceptors (Lipinski definition) is 4. The van der Waals surface area contributed by atoms with Crippen LogP contribution in [0, 0.1) is 30.6 Å². The summed E-state index contributed by atoms with van der Waals surface area (Å²) in [5.74, 6) is -0.0105. The van der Waals surface area contributed by atoms with Crippen molar-refractivity contribution in [2.75, 3.05) is 18.0 Å². The summed E-state index contributed by atoms with van der Waals surface area (Å²) in [7, 11) is 0. The molecule has 112 valence electrons. The molecule has 1 aromatic heterocycles. The molecule has 1 N–H and O–H groups in total. The fourth-order valence-corrected chi connectivity index (χ4v) is 3.05. The average Bonchev–Trinajstić information content (AvgIpc) is 2.46. The van der Waals surface area contributed by atoms with Gasteiger partial charge in [0.1, 0.15) is 11.9 Å². The van der Waals surface area contributed by atoms with Gasteiger partial charge in [0, 0.05) is 18.8 Å². The van der Waals surface area contributed by atoms with E-state index >= 15 is 0 Å². The number of anilines is 1. The Morgan fingerprint density at radius 1 is 1.48 bits per heavy atom. The summed E-state index contributed by atoms with van der Waals surface area (Å²) in [6, 6.07) is 4.13. The molecular weight excluding hydrogens is 266 g/mol. The third kappa shape index (κ3) is 2.71. The third-order valence-corrected chi connectivity index (χ3v) is 4.59. The summed E-state index contributed by atoms with van der Waals surface area (Å²) in [4.78, 5) is 18.0. The molecule has 1 aromatic rings. The summed E-state index contributed by atoms with van der Waals surface area (Å²) in [5.41, 5.74) is 1.78. The van der Waals surface area contributed by atoms with Crippen molar-refractivity contribution in [1.29, 1.82) is 5.26 Å². The predicted octanol–water partition coefficient (Wildman–Crippen LogP) is 2.65. The standard InChI is InChI=1S/C16H21N3O2/c1-4-16(15(20)21)5-7-19(8-6-16)14-13(10-17)11(2)9-12(3)18-14/h9H,4-8H2,1-3H3,(H,20,21). The van der Waals surface area contributed by atoms with E-state index in [9.17, 15) is 15.2 Å². The molecule has 0 aliphatic carbocycles. The maximum atomic E-state index is 11.5. The topological polar surface area (TPSA) is 77.2 Å². The number of nitrogens with zero attached hydrogens (tertiary/aromatic N) is 3. The zero-order valence-electron chi connectivity index (χ0n) is 12.8. The van der Waals surface area contributed by atoms with Gasteiger partial charge < -0.3 is 10.0 Å². The Morgan fingerprint density at radius 3 is 2.57 bits per heavy atom. The normalized spacial score (nSPS) is 17.3. The Kier molecular flexibility index (Phi) is 4.17. The van der Waals surface area contributed by atoms with Gasteiger partial charge in [0.15, 0.2) is 0 Å². The van der Waals surface area contributed by atoms with E-state index in [1.165, 1.54) is 0 Å². The van der Waals surface area contributed by atoms with Crippen LogP contribution < -0.4 is 4.90 Å². The molecule has 2 heterocycles. The molecular formula is C16H21N3O2. The molecule has 21 heavy (non-hydrogen) atoms. The quantitative estimate of drug-likeness (QED) is 0.924. The lowest BCUT2D eigenvalue weighted by Gasteiger charge is -2.39. The van der Waals surface area contributed by atoms with Crippen molar-refractivity contribution in [1.82, 2.24) is 4.98 Å². The Balaban J connectivity index is 2.28. The van der Waals surface area contributed by atoms with Gasteiger partial charge in [-0.05, 0) is 44.7 Å². The smallest absolute Gasteiger partial charge is 0.309 e. The van der Waals surface area contributed by atoms with Crippen LogP contribution >= 0.6 is 0 Å². The van der Waals surface area contributed by atoms with Crippen LogP contribution in [0.1, 0.15) is 43.0 Å². The predicted molar refractivity (Wildman–Crippen MR) is 80.2 cm³/mol. The first kappa shape index (κ1) is 15.3. The Morgan fingerprint density at radius 2 is 2.10 bits per heavy atom. The lowest BCUT2D eigenvalue weighted by molar-refractivity contribution is -0.150. The number of hydrogen-bond donors (Lipinski definition) is 1. The monoisotopic (exact) mass is 287 g/mol. The molecule has 0 unspecified atom stereocenters. The van der Waals surface area contributed by atoms with Crippen molar-refractivity contribution in [3.63, 3.8) is 0 Å². The zero-order chi connectivity index (χ0) is 15.6. The van der Waals surface area contributed by atoms with Gasteiger partial charge in [-0.25, -0.2) is 4.98 Å². The summed E-state index contributed by atoms with van der Waals surface area (Å²) in [6.45, 7) is 7.01. The zero-order valence-corrected chi connectivity index (χ0v) is 12.8. The molecule has 1 saturated heterocycles. The van der Waals surface area contributed by atoms with E-state index < -0.39 is 11.4 Å². The van der Waals surface area contributed by atoms with Gasteiger partial charge in [-0.2, -0.15) is 5.26 Å². The van der Waals surface area contributed by atoms with Crippen LogP contribution in [0.3, 0.4) is 0 Å². The Labute approximate surface area is 125 Å². The second kappa shape index (κ2) is 5.72. The summed E-state index contributed by atoms with van der Waals surface area (Å²) in [5, 5.41) is 18.8. The van der Waals surface area contributed by atoms with Gasteiger partial charge in [-0.3, -0.25) is 4.79 Å². The highest BCUT2D eigenvalue weighted by atomic mass is 16.4. The van der Waals surface area contributed by atoms with Crippen molar-refractivity contribution < 1.29 is 9.90 Å². The third-order valence-electron chi connectivity index (χ3n) is 4.59. The van der Waals surface area contributed by atoms with Gasteiger partial charge >= 0.3 is 5.97 Å². The molecule has 0 radical (unpaired) electrons. The molecule has 0 amide bonds. The lowest BCUT2D eigenvalue weighted by Crippen LogP contribution is -2.44. The highest BCUT2D eigenvalue weighted by molar-refractivity contribution is 5.75. The van der Waals surface area contributed by atoms with E-state index in [1.54, 1.807) is 0 Å². The molecule has 0 atom stereocenters. The number of aliphatic carboxylic acids is 1. The highest BCUT2D eigenvalue weighted by Crippen LogP contribution is 2.37.